The Morgan fingerprint density at radius 2 is 2.36 bits per heavy atom. The van der Waals surface area contributed by atoms with Crippen molar-refractivity contribution in [2.45, 2.75) is 6.04 Å². The summed E-state index contributed by atoms with van der Waals surface area (Å²) in [5.41, 5.74) is 6.47. The van der Waals surface area contributed by atoms with Crippen molar-refractivity contribution in [3.63, 3.8) is 0 Å². The van der Waals surface area contributed by atoms with Gasteiger partial charge in [0.25, 0.3) is 0 Å². The van der Waals surface area contributed by atoms with Gasteiger partial charge in [-0.25, -0.2) is 4.98 Å². The number of pyridine rings is 1. The molecule has 14 heavy (non-hydrogen) atoms. The van der Waals surface area contributed by atoms with Crippen molar-refractivity contribution in [2.75, 3.05) is 25.4 Å². The first-order chi connectivity index (χ1) is 6.77. The lowest BCUT2D eigenvalue weighted by atomic mass is 10.1. The smallest absolute Gasteiger partial charge is 0.236 e. The van der Waals surface area contributed by atoms with Gasteiger partial charge in [-0.05, 0) is 11.6 Å². The van der Waals surface area contributed by atoms with Crippen LogP contribution in [0.1, 0.15) is 11.6 Å². The summed E-state index contributed by atoms with van der Waals surface area (Å²) in [6, 6.07) is 1.81. The summed E-state index contributed by atoms with van der Waals surface area (Å²) in [6.07, 6.45) is 1.52. The molecular formula is C9H13FN4. The van der Waals surface area contributed by atoms with Crippen LogP contribution in [-0.2, 0) is 0 Å². The first-order valence-corrected chi connectivity index (χ1v) is 4.62. The Balaban J connectivity index is 2.18. The molecule has 0 unspecified atom stereocenters. The molecule has 0 bridgehead atoms. The summed E-state index contributed by atoms with van der Waals surface area (Å²) in [5, 5.41) is 6.54. The van der Waals surface area contributed by atoms with Gasteiger partial charge in [-0.2, -0.15) is 4.39 Å². The SMILES string of the molecule is Nc1cc([C@@H]2CNCCN2)cnc1F. The average molecular weight is 196 g/mol. The van der Waals surface area contributed by atoms with Crippen LogP contribution < -0.4 is 16.4 Å². The molecule has 5 heteroatoms. The molecule has 0 amide bonds. The second kappa shape index (κ2) is 3.89. The van der Waals surface area contributed by atoms with Gasteiger partial charge in [0.1, 0.15) is 0 Å². The maximum absolute atomic E-state index is 12.8. The number of aromatic nitrogens is 1. The van der Waals surface area contributed by atoms with Gasteiger partial charge in [0.05, 0.1) is 5.69 Å². The van der Waals surface area contributed by atoms with Crippen molar-refractivity contribution in [2.24, 2.45) is 0 Å². The van der Waals surface area contributed by atoms with E-state index in [1.54, 1.807) is 6.07 Å². The molecule has 4 nitrogen and oxygen atoms in total. The van der Waals surface area contributed by atoms with Crippen LogP contribution in [0.15, 0.2) is 12.3 Å². The first-order valence-electron chi connectivity index (χ1n) is 4.62. The molecule has 1 aromatic heterocycles. The summed E-state index contributed by atoms with van der Waals surface area (Å²) in [5.74, 6) is -0.600. The monoisotopic (exact) mass is 196 g/mol. The van der Waals surface area contributed by atoms with Gasteiger partial charge in [0, 0.05) is 31.9 Å². The highest BCUT2D eigenvalue weighted by Crippen LogP contribution is 2.16. The van der Waals surface area contributed by atoms with E-state index >= 15 is 0 Å². The number of nitrogen functional groups attached to an aromatic ring is 1. The minimum Gasteiger partial charge on any atom is -0.395 e. The molecule has 1 saturated heterocycles. The summed E-state index contributed by atoms with van der Waals surface area (Å²) < 4.78 is 12.8. The van der Waals surface area contributed by atoms with Gasteiger partial charge < -0.3 is 16.4 Å². The minimum absolute atomic E-state index is 0.106. The van der Waals surface area contributed by atoms with E-state index in [0.29, 0.717) is 0 Å². The molecule has 1 aromatic rings. The molecule has 2 heterocycles. The third-order valence-corrected chi connectivity index (χ3v) is 2.33. The standard InChI is InChI=1S/C9H13FN4/c10-9-7(11)3-6(4-14-9)8-5-12-1-2-13-8/h3-4,8,12-13H,1-2,5,11H2/t8-/m0/s1. The lowest BCUT2D eigenvalue weighted by molar-refractivity contribution is 0.428. The third-order valence-electron chi connectivity index (χ3n) is 2.33. The molecule has 0 radical (unpaired) electrons. The van der Waals surface area contributed by atoms with Gasteiger partial charge >= 0.3 is 0 Å². The van der Waals surface area contributed by atoms with Gasteiger partial charge in [-0.3, -0.25) is 0 Å². The zero-order valence-corrected chi connectivity index (χ0v) is 7.76. The molecule has 4 N–H and O–H groups in total. The summed E-state index contributed by atoms with van der Waals surface area (Å²) in [6.45, 7) is 2.69. The van der Waals surface area contributed by atoms with E-state index in [1.807, 2.05) is 0 Å². The Morgan fingerprint density at radius 3 is 3.00 bits per heavy atom. The molecule has 0 aromatic carbocycles. The van der Waals surface area contributed by atoms with Crippen molar-refractivity contribution < 1.29 is 4.39 Å². The fourth-order valence-corrected chi connectivity index (χ4v) is 1.56. The number of nitrogens with zero attached hydrogens (tertiary/aromatic N) is 1. The number of nitrogens with two attached hydrogens (primary N) is 1. The van der Waals surface area contributed by atoms with Crippen molar-refractivity contribution >= 4 is 5.69 Å². The lowest BCUT2D eigenvalue weighted by Crippen LogP contribution is -2.42. The van der Waals surface area contributed by atoms with Crippen molar-refractivity contribution in [3.8, 4) is 0 Å². The molecule has 76 valence electrons. The number of hydrogen-bond acceptors (Lipinski definition) is 4. The summed E-state index contributed by atoms with van der Waals surface area (Å²) >= 11 is 0. The van der Waals surface area contributed by atoms with Crippen molar-refractivity contribution in [3.05, 3.63) is 23.8 Å². The predicted octanol–water partition coefficient (Wildman–Crippen LogP) is 0.0368. The van der Waals surface area contributed by atoms with Crippen molar-refractivity contribution in [1.29, 1.82) is 0 Å². The number of anilines is 1. The first kappa shape index (κ1) is 9.36. The molecular weight excluding hydrogens is 183 g/mol. The highest BCUT2D eigenvalue weighted by molar-refractivity contribution is 5.39. The Hall–Kier alpha value is -1.20. The second-order valence-corrected chi connectivity index (χ2v) is 3.36. The van der Waals surface area contributed by atoms with Gasteiger partial charge in [0.15, 0.2) is 0 Å². The molecule has 1 aliphatic rings. The number of piperazine rings is 1. The van der Waals surface area contributed by atoms with Gasteiger partial charge in [0.2, 0.25) is 5.95 Å². The van der Waals surface area contributed by atoms with Crippen LogP contribution in [0.2, 0.25) is 0 Å². The molecule has 1 aliphatic heterocycles. The average Bonchev–Trinajstić information content (AvgIpc) is 2.23. The lowest BCUT2D eigenvalue weighted by Gasteiger charge is -2.24. The highest BCUT2D eigenvalue weighted by Gasteiger charge is 2.15. The topological polar surface area (TPSA) is 63.0 Å². The number of nitrogens with one attached hydrogen (secondary N) is 2. The van der Waals surface area contributed by atoms with E-state index in [0.717, 1.165) is 25.2 Å². The molecule has 1 atom stereocenters. The maximum Gasteiger partial charge on any atom is 0.236 e. The van der Waals surface area contributed by atoms with Crippen LogP contribution in [0.25, 0.3) is 0 Å². The van der Waals surface area contributed by atoms with E-state index in [4.69, 9.17) is 5.73 Å². The number of hydrogen-bond donors (Lipinski definition) is 3. The van der Waals surface area contributed by atoms with Gasteiger partial charge in [-0.1, -0.05) is 0 Å². The summed E-state index contributed by atoms with van der Waals surface area (Å²) in [7, 11) is 0. The fraction of sp³-hybridized carbons (Fsp3) is 0.444. The van der Waals surface area contributed by atoms with E-state index in [1.165, 1.54) is 6.20 Å². The zero-order valence-electron chi connectivity index (χ0n) is 7.76. The summed E-state index contributed by atoms with van der Waals surface area (Å²) in [4.78, 5) is 3.59. The largest absolute Gasteiger partial charge is 0.395 e. The van der Waals surface area contributed by atoms with Crippen LogP contribution in [0.4, 0.5) is 10.1 Å². The fourth-order valence-electron chi connectivity index (χ4n) is 1.56. The van der Waals surface area contributed by atoms with E-state index in [9.17, 15) is 4.39 Å². The molecule has 2 rings (SSSR count). The van der Waals surface area contributed by atoms with Crippen LogP contribution in [0.3, 0.4) is 0 Å². The van der Waals surface area contributed by atoms with Crippen LogP contribution in [0, 0.1) is 5.95 Å². The van der Waals surface area contributed by atoms with Crippen LogP contribution >= 0.6 is 0 Å². The Kier molecular flexibility index (Phi) is 2.60. The maximum atomic E-state index is 12.8. The molecule has 1 fully saturated rings. The molecule has 0 saturated carbocycles. The van der Waals surface area contributed by atoms with Crippen LogP contribution in [-0.4, -0.2) is 24.6 Å². The number of halogens is 1. The van der Waals surface area contributed by atoms with Crippen LogP contribution in [0.5, 0.6) is 0 Å². The quantitative estimate of drug-likeness (QED) is 0.555. The Bertz CT molecular complexity index is 323. The highest BCUT2D eigenvalue weighted by atomic mass is 19.1. The van der Waals surface area contributed by atoms with Crippen molar-refractivity contribution in [1.82, 2.24) is 15.6 Å². The minimum atomic E-state index is -0.600. The number of rotatable bonds is 1. The molecule has 0 aliphatic carbocycles. The molecule has 0 spiro atoms. The Morgan fingerprint density at radius 1 is 1.50 bits per heavy atom. The van der Waals surface area contributed by atoms with E-state index in [-0.39, 0.29) is 11.7 Å². The normalized spacial score (nSPS) is 22.2. The van der Waals surface area contributed by atoms with Gasteiger partial charge in [-0.15, -0.1) is 0 Å². The predicted molar refractivity (Wildman–Crippen MR) is 52.2 cm³/mol. The van der Waals surface area contributed by atoms with E-state index < -0.39 is 5.95 Å². The second-order valence-electron chi connectivity index (χ2n) is 3.36. The van der Waals surface area contributed by atoms with E-state index in [2.05, 4.69) is 15.6 Å². The third kappa shape index (κ3) is 1.83. The zero-order chi connectivity index (χ0) is 9.97. The Labute approximate surface area is 81.7 Å².